The SMILES string of the molecule is CCOP1(=O)N=C(C2=C(O)C(O)(C(C)(C)C)N(CCC(C)(C)C)C2=O)Nc2ccc(NS(C)(=O)=O)cc21. The van der Waals surface area contributed by atoms with Crippen molar-refractivity contribution >= 4 is 46.0 Å². The molecule has 2 heterocycles. The van der Waals surface area contributed by atoms with Gasteiger partial charge in [0.1, 0.15) is 5.57 Å². The molecule has 37 heavy (non-hydrogen) atoms. The molecule has 13 heteroatoms. The van der Waals surface area contributed by atoms with Gasteiger partial charge in [0.25, 0.3) is 5.91 Å². The number of anilines is 2. The molecule has 11 nitrogen and oxygen atoms in total. The third kappa shape index (κ3) is 5.57. The lowest BCUT2D eigenvalue weighted by atomic mass is 9.80. The van der Waals surface area contributed by atoms with Crippen LogP contribution in [0.25, 0.3) is 0 Å². The number of hydrogen-bond donors (Lipinski definition) is 4. The predicted molar refractivity (Wildman–Crippen MR) is 145 cm³/mol. The Morgan fingerprint density at radius 3 is 2.35 bits per heavy atom. The highest BCUT2D eigenvalue weighted by Crippen LogP contribution is 2.54. The van der Waals surface area contributed by atoms with Gasteiger partial charge in [-0.25, -0.2) is 8.42 Å². The van der Waals surface area contributed by atoms with Crippen LogP contribution in [-0.2, 0) is 23.9 Å². The molecule has 0 fully saturated rings. The van der Waals surface area contributed by atoms with Crippen molar-refractivity contribution in [1.82, 2.24) is 4.90 Å². The third-order valence-corrected chi connectivity index (χ3v) is 8.84. The molecule has 0 aromatic heterocycles. The van der Waals surface area contributed by atoms with E-state index >= 15 is 0 Å². The summed E-state index contributed by atoms with van der Waals surface area (Å²) >= 11 is 0. The quantitative estimate of drug-likeness (QED) is 0.371. The Bertz CT molecular complexity index is 1330. The van der Waals surface area contributed by atoms with Crippen LogP contribution in [0.4, 0.5) is 11.4 Å². The number of aliphatic hydroxyl groups excluding tert-OH is 1. The predicted octanol–water partition coefficient (Wildman–Crippen LogP) is 3.56. The molecule has 3 rings (SSSR count). The van der Waals surface area contributed by atoms with Crippen LogP contribution in [0.3, 0.4) is 0 Å². The number of carbonyl (C=O) groups is 1. The van der Waals surface area contributed by atoms with Crippen LogP contribution in [0.5, 0.6) is 0 Å². The highest BCUT2D eigenvalue weighted by molar-refractivity contribution is 7.92. The first kappa shape index (κ1) is 29.2. The van der Waals surface area contributed by atoms with E-state index in [-0.39, 0.29) is 46.7 Å². The van der Waals surface area contributed by atoms with E-state index in [9.17, 15) is 28.0 Å². The zero-order chi connectivity index (χ0) is 28.2. The standard InChI is InChI=1S/C24H37N4O7PS/c1-9-35-36(32)17-14-15(27-37(8,33)34)10-11-16(17)25-20(26-36)18-19(29)24(31,23(5,6)7)28(21(18)30)13-12-22(2,3)4/h10-11,14,27,29,31H,9,12-13H2,1-8H3,(H,25,26,32). The number of aliphatic hydroxyl groups is 2. The molecule has 2 unspecified atom stereocenters. The molecule has 2 atom stereocenters. The van der Waals surface area contributed by atoms with Crippen molar-refractivity contribution in [3.8, 4) is 0 Å². The normalized spacial score (nSPS) is 24.6. The number of benzene rings is 1. The smallest absolute Gasteiger partial charge is 0.348 e. The van der Waals surface area contributed by atoms with Crippen LogP contribution >= 0.6 is 7.52 Å². The average Bonchev–Trinajstić information content (AvgIpc) is 2.91. The molecular formula is C24H37N4O7PS. The molecule has 0 spiro atoms. The monoisotopic (exact) mass is 556 g/mol. The van der Waals surface area contributed by atoms with Gasteiger partial charge in [-0.2, -0.15) is 4.76 Å². The molecule has 0 aliphatic carbocycles. The van der Waals surface area contributed by atoms with Crippen molar-refractivity contribution in [2.24, 2.45) is 15.6 Å². The largest absolute Gasteiger partial charge is 0.506 e. The van der Waals surface area contributed by atoms with Gasteiger partial charge in [-0.05, 0) is 37.0 Å². The Morgan fingerprint density at radius 2 is 1.84 bits per heavy atom. The third-order valence-electron chi connectivity index (χ3n) is 6.18. The summed E-state index contributed by atoms with van der Waals surface area (Å²) in [6, 6.07) is 4.29. The molecule has 0 saturated carbocycles. The van der Waals surface area contributed by atoms with Crippen LogP contribution in [0.1, 0.15) is 54.9 Å². The lowest BCUT2D eigenvalue weighted by Gasteiger charge is -2.44. The number of fused-ring (bicyclic) bond motifs is 1. The number of hydrogen-bond acceptors (Lipinski definition) is 8. The summed E-state index contributed by atoms with van der Waals surface area (Å²) in [6.07, 6.45) is 1.54. The van der Waals surface area contributed by atoms with Crippen molar-refractivity contribution in [2.45, 2.75) is 60.6 Å². The molecular weight excluding hydrogens is 519 g/mol. The fourth-order valence-electron chi connectivity index (χ4n) is 4.24. The van der Waals surface area contributed by atoms with Crippen molar-refractivity contribution < 1.29 is 32.5 Å². The van der Waals surface area contributed by atoms with Gasteiger partial charge in [-0.1, -0.05) is 41.5 Å². The van der Waals surface area contributed by atoms with Crippen molar-refractivity contribution in [1.29, 1.82) is 0 Å². The lowest BCUT2D eigenvalue weighted by Crippen LogP contribution is -2.57. The van der Waals surface area contributed by atoms with Gasteiger partial charge >= 0.3 is 7.52 Å². The number of amides is 1. The van der Waals surface area contributed by atoms with Crippen LogP contribution in [-0.4, -0.2) is 60.4 Å². The molecule has 2 aliphatic rings. The summed E-state index contributed by atoms with van der Waals surface area (Å²) in [5.41, 5.74) is -3.03. The Morgan fingerprint density at radius 1 is 1.22 bits per heavy atom. The molecule has 0 saturated heterocycles. The summed E-state index contributed by atoms with van der Waals surface area (Å²) in [5, 5.41) is 26.1. The molecule has 0 radical (unpaired) electrons. The van der Waals surface area contributed by atoms with E-state index in [0.717, 1.165) is 6.26 Å². The first-order chi connectivity index (χ1) is 16.7. The lowest BCUT2D eigenvalue weighted by molar-refractivity contribution is -0.173. The van der Waals surface area contributed by atoms with Gasteiger partial charge in [0.05, 0.1) is 23.9 Å². The summed E-state index contributed by atoms with van der Waals surface area (Å²) < 4.78 is 49.4. The number of rotatable bonds is 7. The second-order valence-corrected chi connectivity index (χ2v) is 15.3. The average molecular weight is 557 g/mol. The zero-order valence-corrected chi connectivity index (χ0v) is 24.2. The molecule has 1 aromatic carbocycles. The minimum absolute atomic E-state index is 0.0137. The fraction of sp³-hybridized carbons (Fsp3) is 0.583. The first-order valence-corrected chi connectivity index (χ1v) is 15.4. The maximum Gasteiger partial charge on any atom is 0.348 e. The van der Waals surface area contributed by atoms with Gasteiger partial charge in [-0.3, -0.25) is 14.1 Å². The Kier molecular flexibility index (Phi) is 7.42. The van der Waals surface area contributed by atoms with Gasteiger partial charge in [0, 0.05) is 17.6 Å². The fourth-order valence-corrected chi connectivity index (χ4v) is 6.60. The number of nitrogens with one attached hydrogen (secondary N) is 2. The van der Waals surface area contributed by atoms with E-state index in [1.54, 1.807) is 27.7 Å². The molecule has 1 amide bonds. The van der Waals surface area contributed by atoms with Crippen molar-refractivity contribution in [2.75, 3.05) is 29.4 Å². The van der Waals surface area contributed by atoms with E-state index in [1.807, 2.05) is 20.8 Å². The first-order valence-electron chi connectivity index (χ1n) is 12.0. The van der Waals surface area contributed by atoms with Crippen LogP contribution in [0.15, 0.2) is 34.3 Å². The summed E-state index contributed by atoms with van der Waals surface area (Å²) in [4.78, 5) is 14.9. The summed E-state index contributed by atoms with van der Waals surface area (Å²) in [7, 11) is -7.60. The van der Waals surface area contributed by atoms with Crippen molar-refractivity contribution in [3.63, 3.8) is 0 Å². The van der Waals surface area contributed by atoms with E-state index < -0.39 is 40.3 Å². The second kappa shape index (κ2) is 9.41. The van der Waals surface area contributed by atoms with Crippen LogP contribution < -0.4 is 15.3 Å². The minimum Gasteiger partial charge on any atom is -0.506 e. The second-order valence-electron chi connectivity index (χ2n) is 11.5. The molecule has 2 aliphatic heterocycles. The molecule has 1 aromatic rings. The maximum atomic E-state index is 13.9. The number of nitrogens with zero attached hydrogens (tertiary/aromatic N) is 2. The molecule has 0 bridgehead atoms. The van der Waals surface area contributed by atoms with E-state index in [1.165, 1.54) is 23.1 Å². The Labute approximate surface area is 218 Å². The van der Waals surface area contributed by atoms with Gasteiger partial charge in [0.15, 0.2) is 11.6 Å². The highest BCUT2D eigenvalue weighted by atomic mass is 32.2. The topological polar surface area (TPSA) is 158 Å². The van der Waals surface area contributed by atoms with Gasteiger partial charge in [0.2, 0.25) is 15.7 Å². The van der Waals surface area contributed by atoms with E-state index in [0.29, 0.717) is 6.42 Å². The Balaban J connectivity index is 2.16. The minimum atomic E-state index is -4.01. The maximum absolute atomic E-state index is 13.9. The van der Waals surface area contributed by atoms with Crippen molar-refractivity contribution in [3.05, 3.63) is 29.5 Å². The zero-order valence-electron chi connectivity index (χ0n) is 22.5. The van der Waals surface area contributed by atoms with Gasteiger partial charge < -0.3 is 25.0 Å². The summed E-state index contributed by atoms with van der Waals surface area (Å²) in [6.45, 7) is 12.9. The molecule has 4 N–H and O–H groups in total. The van der Waals surface area contributed by atoms with Gasteiger partial charge in [-0.15, -0.1) is 0 Å². The highest BCUT2D eigenvalue weighted by Gasteiger charge is 2.59. The number of amidine groups is 1. The molecule has 206 valence electrons. The van der Waals surface area contributed by atoms with Crippen LogP contribution in [0.2, 0.25) is 0 Å². The Hall–Kier alpha value is -2.40. The van der Waals surface area contributed by atoms with E-state index in [2.05, 4.69) is 14.8 Å². The summed E-state index contributed by atoms with van der Waals surface area (Å²) in [5.74, 6) is -1.45. The van der Waals surface area contributed by atoms with E-state index in [4.69, 9.17) is 4.52 Å². The number of sulfonamides is 1. The number of carbonyl (C=O) groups excluding carboxylic acids is 1. The van der Waals surface area contributed by atoms with Crippen LogP contribution in [0, 0.1) is 10.8 Å².